The number of anilines is 1. The number of aliphatic hydroxyl groups excluding tert-OH is 1. The summed E-state index contributed by atoms with van der Waals surface area (Å²) in [5.74, 6) is 1.39. The molecular formula is C11H19N3O4. The second-order valence-corrected chi connectivity index (χ2v) is 3.51. The van der Waals surface area contributed by atoms with Gasteiger partial charge in [-0.2, -0.15) is 9.97 Å². The largest absolute Gasteiger partial charge is 0.481 e. The van der Waals surface area contributed by atoms with E-state index in [0.29, 0.717) is 37.5 Å². The van der Waals surface area contributed by atoms with E-state index in [-0.39, 0.29) is 6.61 Å². The molecule has 0 aliphatic heterocycles. The predicted octanol–water partition coefficient (Wildman–Crippen LogP) is -0.0611. The number of ether oxygens (including phenoxy) is 3. The van der Waals surface area contributed by atoms with E-state index in [2.05, 4.69) is 9.97 Å². The van der Waals surface area contributed by atoms with Gasteiger partial charge in [0.2, 0.25) is 17.7 Å². The summed E-state index contributed by atoms with van der Waals surface area (Å²) in [5.41, 5.74) is 0. The predicted molar refractivity (Wildman–Crippen MR) is 66.3 cm³/mol. The van der Waals surface area contributed by atoms with Gasteiger partial charge in [-0.05, 0) is 0 Å². The third-order valence-corrected chi connectivity index (χ3v) is 2.23. The van der Waals surface area contributed by atoms with Gasteiger partial charge < -0.3 is 24.2 Å². The highest BCUT2D eigenvalue weighted by molar-refractivity contribution is 5.35. The van der Waals surface area contributed by atoms with Crippen molar-refractivity contribution in [1.29, 1.82) is 0 Å². The molecular weight excluding hydrogens is 238 g/mol. The molecule has 0 spiro atoms. The van der Waals surface area contributed by atoms with Crippen molar-refractivity contribution < 1.29 is 19.3 Å². The number of hydrogen-bond acceptors (Lipinski definition) is 7. The van der Waals surface area contributed by atoms with Crippen molar-refractivity contribution in [3.05, 3.63) is 6.07 Å². The molecule has 0 bridgehead atoms. The molecule has 0 amide bonds. The van der Waals surface area contributed by atoms with Crippen molar-refractivity contribution in [3.63, 3.8) is 0 Å². The van der Waals surface area contributed by atoms with Crippen molar-refractivity contribution in [3.8, 4) is 11.8 Å². The van der Waals surface area contributed by atoms with Crippen LogP contribution in [0.3, 0.4) is 0 Å². The first kappa shape index (κ1) is 14.5. The summed E-state index contributed by atoms with van der Waals surface area (Å²) in [4.78, 5) is 10.2. The summed E-state index contributed by atoms with van der Waals surface area (Å²) in [7, 11) is 4.92. The molecule has 1 N–H and O–H groups in total. The highest BCUT2D eigenvalue weighted by Gasteiger charge is 2.09. The number of aliphatic hydroxyl groups is 1. The minimum absolute atomic E-state index is 0.0210. The lowest BCUT2D eigenvalue weighted by molar-refractivity contribution is 0.0970. The smallest absolute Gasteiger partial charge is 0.231 e. The second kappa shape index (κ2) is 7.67. The maximum atomic E-state index is 8.59. The molecule has 1 aromatic rings. The van der Waals surface area contributed by atoms with E-state index < -0.39 is 0 Å². The van der Waals surface area contributed by atoms with Crippen LogP contribution in [0.4, 0.5) is 5.95 Å². The zero-order valence-electron chi connectivity index (χ0n) is 10.9. The monoisotopic (exact) mass is 257 g/mol. The summed E-state index contributed by atoms with van der Waals surface area (Å²) in [5, 5.41) is 8.59. The van der Waals surface area contributed by atoms with Crippen LogP contribution in [0.15, 0.2) is 6.07 Å². The van der Waals surface area contributed by atoms with Crippen LogP contribution in [-0.4, -0.2) is 62.7 Å². The molecule has 0 aliphatic rings. The number of rotatable bonds is 8. The number of aromatic nitrogens is 2. The van der Waals surface area contributed by atoms with E-state index in [1.54, 1.807) is 6.07 Å². The lowest BCUT2D eigenvalue weighted by Gasteiger charge is -2.17. The average Bonchev–Trinajstić information content (AvgIpc) is 2.42. The Labute approximate surface area is 106 Å². The highest BCUT2D eigenvalue weighted by atomic mass is 16.5. The minimum Gasteiger partial charge on any atom is -0.481 e. The maximum absolute atomic E-state index is 8.59. The molecule has 1 rings (SSSR count). The Kier molecular flexibility index (Phi) is 6.16. The summed E-state index contributed by atoms with van der Waals surface area (Å²) in [6, 6.07) is 1.61. The van der Waals surface area contributed by atoms with E-state index in [0.717, 1.165) is 0 Å². The van der Waals surface area contributed by atoms with Gasteiger partial charge in [0, 0.05) is 13.6 Å². The van der Waals surface area contributed by atoms with Crippen LogP contribution in [0.1, 0.15) is 0 Å². The first-order valence-corrected chi connectivity index (χ1v) is 5.58. The van der Waals surface area contributed by atoms with Gasteiger partial charge in [0.25, 0.3) is 0 Å². The standard InChI is InChI=1S/C11H19N3O4/c1-14(4-6-18-7-5-15)11-12-9(16-2)8-10(13-11)17-3/h8,15H,4-7H2,1-3H3. The van der Waals surface area contributed by atoms with Gasteiger partial charge >= 0.3 is 0 Å². The Morgan fingerprint density at radius 2 is 1.78 bits per heavy atom. The summed E-state index contributed by atoms with van der Waals surface area (Å²) >= 11 is 0. The van der Waals surface area contributed by atoms with Gasteiger partial charge in [0.15, 0.2) is 0 Å². The molecule has 0 fully saturated rings. The molecule has 18 heavy (non-hydrogen) atoms. The van der Waals surface area contributed by atoms with Gasteiger partial charge in [-0.25, -0.2) is 0 Å². The molecule has 0 aromatic carbocycles. The van der Waals surface area contributed by atoms with E-state index in [4.69, 9.17) is 19.3 Å². The Morgan fingerprint density at radius 1 is 1.17 bits per heavy atom. The summed E-state index contributed by atoms with van der Waals surface area (Å²) in [6.07, 6.45) is 0. The number of likely N-dealkylation sites (N-methyl/N-ethyl adjacent to an activating group) is 1. The fourth-order valence-electron chi connectivity index (χ4n) is 1.24. The van der Waals surface area contributed by atoms with Gasteiger partial charge in [-0.1, -0.05) is 0 Å². The molecule has 0 unspecified atom stereocenters. The first-order chi connectivity index (χ1) is 8.71. The third-order valence-electron chi connectivity index (χ3n) is 2.23. The number of nitrogens with zero attached hydrogens (tertiary/aromatic N) is 3. The van der Waals surface area contributed by atoms with Gasteiger partial charge in [-0.3, -0.25) is 0 Å². The van der Waals surface area contributed by atoms with Crippen LogP contribution in [0.5, 0.6) is 11.8 Å². The zero-order valence-corrected chi connectivity index (χ0v) is 10.9. The molecule has 7 heteroatoms. The lowest BCUT2D eigenvalue weighted by Crippen LogP contribution is -2.25. The third kappa shape index (κ3) is 4.34. The Morgan fingerprint density at radius 3 is 2.28 bits per heavy atom. The van der Waals surface area contributed by atoms with E-state index in [1.807, 2.05) is 11.9 Å². The van der Waals surface area contributed by atoms with Crippen LogP contribution in [-0.2, 0) is 4.74 Å². The van der Waals surface area contributed by atoms with Crippen molar-refractivity contribution in [2.75, 3.05) is 52.5 Å². The van der Waals surface area contributed by atoms with Gasteiger partial charge in [0.05, 0.1) is 40.1 Å². The van der Waals surface area contributed by atoms with Crippen molar-refractivity contribution >= 4 is 5.95 Å². The van der Waals surface area contributed by atoms with Crippen LogP contribution in [0.2, 0.25) is 0 Å². The zero-order chi connectivity index (χ0) is 13.4. The fraction of sp³-hybridized carbons (Fsp3) is 0.636. The summed E-state index contributed by atoms with van der Waals surface area (Å²) < 4.78 is 15.3. The van der Waals surface area contributed by atoms with Crippen LogP contribution in [0, 0.1) is 0 Å². The SMILES string of the molecule is COc1cc(OC)nc(N(C)CCOCCO)n1. The lowest BCUT2D eigenvalue weighted by atomic mass is 10.5. The molecule has 0 aliphatic carbocycles. The van der Waals surface area contributed by atoms with Gasteiger partial charge in [0.1, 0.15) is 0 Å². The fourth-order valence-corrected chi connectivity index (χ4v) is 1.24. The van der Waals surface area contributed by atoms with Gasteiger partial charge in [-0.15, -0.1) is 0 Å². The number of hydrogen-bond donors (Lipinski definition) is 1. The van der Waals surface area contributed by atoms with Crippen LogP contribution in [0.25, 0.3) is 0 Å². The topological polar surface area (TPSA) is 76.9 Å². The minimum atomic E-state index is 0.0210. The second-order valence-electron chi connectivity index (χ2n) is 3.51. The quantitative estimate of drug-likeness (QED) is 0.654. The molecule has 1 heterocycles. The Hall–Kier alpha value is -1.60. The van der Waals surface area contributed by atoms with E-state index in [1.165, 1.54) is 14.2 Å². The van der Waals surface area contributed by atoms with E-state index in [9.17, 15) is 0 Å². The molecule has 7 nitrogen and oxygen atoms in total. The molecule has 0 atom stereocenters. The maximum Gasteiger partial charge on any atom is 0.231 e. The molecule has 102 valence electrons. The number of methoxy groups -OCH3 is 2. The van der Waals surface area contributed by atoms with E-state index >= 15 is 0 Å². The van der Waals surface area contributed by atoms with Crippen LogP contribution >= 0.6 is 0 Å². The normalized spacial score (nSPS) is 10.2. The highest BCUT2D eigenvalue weighted by Crippen LogP contribution is 2.18. The Balaban J connectivity index is 2.63. The molecule has 0 radical (unpaired) electrons. The Bertz CT molecular complexity index is 340. The van der Waals surface area contributed by atoms with Crippen molar-refractivity contribution in [2.24, 2.45) is 0 Å². The molecule has 1 aromatic heterocycles. The summed E-state index contributed by atoms with van der Waals surface area (Å²) in [6.45, 7) is 1.44. The molecule has 0 saturated heterocycles. The average molecular weight is 257 g/mol. The molecule has 0 saturated carbocycles. The van der Waals surface area contributed by atoms with Crippen LogP contribution < -0.4 is 14.4 Å². The van der Waals surface area contributed by atoms with Crippen molar-refractivity contribution in [1.82, 2.24) is 9.97 Å². The first-order valence-electron chi connectivity index (χ1n) is 5.58. The van der Waals surface area contributed by atoms with Crippen molar-refractivity contribution in [2.45, 2.75) is 0 Å².